The average Bonchev–Trinajstić information content (AvgIpc) is 2.35. The van der Waals surface area contributed by atoms with Crippen LogP contribution in [0, 0.1) is 0 Å². The van der Waals surface area contributed by atoms with Crippen molar-refractivity contribution < 1.29 is 0 Å². The summed E-state index contributed by atoms with van der Waals surface area (Å²) in [4.78, 5) is 0. The molecule has 0 spiro atoms. The smallest absolute Gasteiger partial charge is 0.0460 e. The molecular formula is C14H24N2. The first-order valence-corrected chi connectivity index (χ1v) is 6.39. The zero-order chi connectivity index (χ0) is 11.6. The lowest BCUT2D eigenvalue weighted by atomic mass is 10.0. The minimum Gasteiger partial charge on any atom is -0.271 e. The van der Waals surface area contributed by atoms with Crippen molar-refractivity contribution in [1.82, 2.24) is 5.43 Å². The summed E-state index contributed by atoms with van der Waals surface area (Å²) in [5.41, 5.74) is 4.20. The molecule has 0 unspecified atom stereocenters. The van der Waals surface area contributed by atoms with E-state index >= 15 is 0 Å². The quantitative estimate of drug-likeness (QED) is 0.399. The summed E-state index contributed by atoms with van der Waals surface area (Å²) in [5, 5.41) is 0. The molecule has 0 aliphatic rings. The van der Waals surface area contributed by atoms with Crippen LogP contribution >= 0.6 is 0 Å². The average molecular weight is 220 g/mol. The van der Waals surface area contributed by atoms with Gasteiger partial charge in [-0.3, -0.25) is 11.3 Å². The van der Waals surface area contributed by atoms with Gasteiger partial charge in [0.25, 0.3) is 0 Å². The predicted octanol–water partition coefficient (Wildman–Crippen LogP) is 3.55. The van der Waals surface area contributed by atoms with Gasteiger partial charge in [-0.1, -0.05) is 69.4 Å². The number of rotatable bonds is 8. The van der Waals surface area contributed by atoms with Gasteiger partial charge in [-0.2, -0.15) is 0 Å². The fourth-order valence-electron chi connectivity index (χ4n) is 1.98. The number of unbranched alkanes of at least 4 members (excludes halogenated alkanes) is 4. The van der Waals surface area contributed by atoms with Gasteiger partial charge in [-0.05, 0) is 12.0 Å². The van der Waals surface area contributed by atoms with Crippen LogP contribution in [-0.4, -0.2) is 0 Å². The second-order valence-corrected chi connectivity index (χ2v) is 4.33. The van der Waals surface area contributed by atoms with Gasteiger partial charge >= 0.3 is 0 Å². The van der Waals surface area contributed by atoms with Gasteiger partial charge < -0.3 is 0 Å². The van der Waals surface area contributed by atoms with Crippen LogP contribution in [0.25, 0.3) is 0 Å². The van der Waals surface area contributed by atoms with Gasteiger partial charge in [0.1, 0.15) is 0 Å². The molecule has 0 heterocycles. The fraction of sp³-hybridized carbons (Fsp3) is 0.571. The van der Waals surface area contributed by atoms with Crippen molar-refractivity contribution in [3.8, 4) is 0 Å². The Hall–Kier alpha value is -0.860. The molecule has 0 bridgehead atoms. The lowest BCUT2D eigenvalue weighted by Gasteiger charge is -2.15. The molecule has 3 N–H and O–H groups in total. The highest BCUT2D eigenvalue weighted by Gasteiger charge is 2.07. The molecule has 90 valence electrons. The first kappa shape index (κ1) is 13.2. The zero-order valence-electron chi connectivity index (χ0n) is 10.3. The predicted molar refractivity (Wildman–Crippen MR) is 69.9 cm³/mol. The van der Waals surface area contributed by atoms with E-state index < -0.39 is 0 Å². The Kier molecular flexibility index (Phi) is 6.86. The van der Waals surface area contributed by atoms with E-state index in [1.165, 1.54) is 37.7 Å². The normalized spacial score (nSPS) is 12.6. The molecule has 1 aromatic rings. The maximum absolute atomic E-state index is 5.60. The number of nitrogens with two attached hydrogens (primary N) is 1. The third-order valence-electron chi connectivity index (χ3n) is 3.00. The van der Waals surface area contributed by atoms with Crippen molar-refractivity contribution in [3.05, 3.63) is 35.9 Å². The molecule has 2 nitrogen and oxygen atoms in total. The minimum atomic E-state index is 0.308. The number of benzene rings is 1. The van der Waals surface area contributed by atoms with E-state index in [2.05, 4.69) is 36.6 Å². The van der Waals surface area contributed by atoms with Gasteiger partial charge in [-0.15, -0.1) is 0 Å². The molecule has 1 aromatic carbocycles. The highest BCUT2D eigenvalue weighted by atomic mass is 15.2. The SMILES string of the molecule is CCCCCCC[C@@H](NN)c1ccccc1. The Labute approximate surface area is 99.2 Å². The summed E-state index contributed by atoms with van der Waals surface area (Å²) in [6, 6.07) is 10.8. The van der Waals surface area contributed by atoms with E-state index in [-0.39, 0.29) is 0 Å². The van der Waals surface area contributed by atoms with Gasteiger partial charge in [0.2, 0.25) is 0 Å². The van der Waals surface area contributed by atoms with Gasteiger partial charge in [-0.25, -0.2) is 0 Å². The van der Waals surface area contributed by atoms with Gasteiger partial charge in [0.15, 0.2) is 0 Å². The first-order valence-electron chi connectivity index (χ1n) is 6.39. The number of nitrogens with one attached hydrogen (secondary N) is 1. The van der Waals surface area contributed by atoms with Crippen LogP contribution in [0.2, 0.25) is 0 Å². The highest BCUT2D eigenvalue weighted by molar-refractivity contribution is 5.18. The molecule has 0 fully saturated rings. The lowest BCUT2D eigenvalue weighted by molar-refractivity contribution is 0.479. The Bertz CT molecular complexity index is 259. The van der Waals surface area contributed by atoms with Crippen LogP contribution in [0.3, 0.4) is 0 Å². The fourth-order valence-corrected chi connectivity index (χ4v) is 1.98. The summed E-state index contributed by atoms with van der Waals surface area (Å²) < 4.78 is 0. The third kappa shape index (κ3) is 4.77. The summed E-state index contributed by atoms with van der Waals surface area (Å²) in [7, 11) is 0. The standard InChI is InChI=1S/C14H24N2/c1-2-3-4-5-9-12-14(16-15)13-10-7-6-8-11-13/h6-8,10-11,14,16H,2-5,9,12,15H2,1H3/t14-/m1/s1. The molecule has 0 aliphatic carbocycles. The Morgan fingerprint density at radius 3 is 2.38 bits per heavy atom. The second-order valence-electron chi connectivity index (χ2n) is 4.33. The molecule has 0 aromatic heterocycles. The highest BCUT2D eigenvalue weighted by Crippen LogP contribution is 2.19. The zero-order valence-corrected chi connectivity index (χ0v) is 10.3. The minimum absolute atomic E-state index is 0.308. The van der Waals surface area contributed by atoms with E-state index in [1.807, 2.05) is 6.07 Å². The second kappa shape index (κ2) is 8.31. The largest absolute Gasteiger partial charge is 0.271 e. The molecular weight excluding hydrogens is 196 g/mol. The number of hydrogen-bond donors (Lipinski definition) is 2. The van der Waals surface area contributed by atoms with E-state index in [0.29, 0.717) is 6.04 Å². The van der Waals surface area contributed by atoms with Crippen LogP contribution < -0.4 is 11.3 Å². The summed E-state index contributed by atoms with van der Waals surface area (Å²) in [5.74, 6) is 5.60. The molecule has 0 saturated carbocycles. The van der Waals surface area contributed by atoms with Crippen LogP contribution in [0.15, 0.2) is 30.3 Å². The maximum atomic E-state index is 5.60. The molecule has 1 rings (SSSR count). The van der Waals surface area contributed by atoms with Crippen molar-refractivity contribution in [3.63, 3.8) is 0 Å². The van der Waals surface area contributed by atoms with Gasteiger partial charge in [0, 0.05) is 6.04 Å². The Morgan fingerprint density at radius 2 is 1.75 bits per heavy atom. The molecule has 1 atom stereocenters. The van der Waals surface area contributed by atoms with Crippen molar-refractivity contribution in [2.24, 2.45) is 5.84 Å². The van der Waals surface area contributed by atoms with Crippen LogP contribution in [0.1, 0.15) is 57.1 Å². The number of hydrogen-bond acceptors (Lipinski definition) is 2. The van der Waals surface area contributed by atoms with E-state index in [9.17, 15) is 0 Å². The lowest BCUT2D eigenvalue weighted by Crippen LogP contribution is -2.27. The Balaban J connectivity index is 2.27. The third-order valence-corrected chi connectivity index (χ3v) is 3.00. The van der Waals surface area contributed by atoms with Crippen molar-refractivity contribution >= 4 is 0 Å². The summed E-state index contributed by atoms with van der Waals surface area (Å²) in [6.07, 6.45) is 7.71. The molecule has 0 aliphatic heterocycles. The van der Waals surface area contributed by atoms with E-state index in [0.717, 1.165) is 6.42 Å². The summed E-state index contributed by atoms with van der Waals surface area (Å²) >= 11 is 0. The topological polar surface area (TPSA) is 38.0 Å². The molecule has 0 amide bonds. The maximum Gasteiger partial charge on any atom is 0.0460 e. The monoisotopic (exact) mass is 220 g/mol. The molecule has 2 heteroatoms. The molecule has 0 radical (unpaired) electrons. The molecule has 16 heavy (non-hydrogen) atoms. The first-order chi connectivity index (χ1) is 7.88. The van der Waals surface area contributed by atoms with Crippen LogP contribution in [-0.2, 0) is 0 Å². The Morgan fingerprint density at radius 1 is 1.06 bits per heavy atom. The van der Waals surface area contributed by atoms with Crippen molar-refractivity contribution in [2.75, 3.05) is 0 Å². The van der Waals surface area contributed by atoms with Crippen molar-refractivity contribution in [1.29, 1.82) is 0 Å². The van der Waals surface area contributed by atoms with Gasteiger partial charge in [0.05, 0.1) is 0 Å². The number of hydrazine groups is 1. The van der Waals surface area contributed by atoms with Crippen LogP contribution in [0.4, 0.5) is 0 Å². The van der Waals surface area contributed by atoms with E-state index in [4.69, 9.17) is 5.84 Å². The summed E-state index contributed by atoms with van der Waals surface area (Å²) in [6.45, 7) is 2.24. The molecule has 0 saturated heterocycles. The van der Waals surface area contributed by atoms with Crippen LogP contribution in [0.5, 0.6) is 0 Å². The van der Waals surface area contributed by atoms with E-state index in [1.54, 1.807) is 0 Å². The van der Waals surface area contributed by atoms with Crippen molar-refractivity contribution in [2.45, 2.75) is 51.5 Å².